The van der Waals surface area contributed by atoms with E-state index < -0.39 is 0 Å². The number of hydrogen-bond donors (Lipinski definition) is 0. The summed E-state index contributed by atoms with van der Waals surface area (Å²) in [4.78, 5) is 28.2. The van der Waals surface area contributed by atoms with E-state index in [0.29, 0.717) is 19.6 Å². The molecule has 2 heterocycles. The second-order valence-electron chi connectivity index (χ2n) is 5.54. The summed E-state index contributed by atoms with van der Waals surface area (Å²) in [5, 5.41) is 0. The van der Waals surface area contributed by atoms with E-state index in [2.05, 4.69) is 0 Å². The number of carbonyl (C=O) groups is 2. The highest BCUT2D eigenvalue weighted by Crippen LogP contribution is 2.36. The van der Waals surface area contributed by atoms with Crippen molar-refractivity contribution in [2.45, 2.75) is 19.9 Å². The van der Waals surface area contributed by atoms with Crippen molar-refractivity contribution in [1.82, 2.24) is 9.80 Å². The van der Waals surface area contributed by atoms with Gasteiger partial charge in [-0.3, -0.25) is 9.59 Å². The fourth-order valence-electron chi connectivity index (χ4n) is 2.99. The van der Waals surface area contributed by atoms with Crippen molar-refractivity contribution in [1.29, 1.82) is 0 Å². The van der Waals surface area contributed by atoms with Gasteiger partial charge in [-0.05, 0) is 11.6 Å². The summed E-state index contributed by atoms with van der Waals surface area (Å²) in [6.07, 6.45) is 0. The molecule has 2 aliphatic rings. The Labute approximate surface area is 113 Å². The van der Waals surface area contributed by atoms with Gasteiger partial charge in [0.05, 0.1) is 6.04 Å². The Hall–Kier alpha value is -1.84. The average Bonchev–Trinajstić information content (AvgIpc) is 2.72. The van der Waals surface area contributed by atoms with Crippen LogP contribution in [0.15, 0.2) is 24.3 Å². The van der Waals surface area contributed by atoms with Crippen LogP contribution < -0.4 is 0 Å². The van der Waals surface area contributed by atoms with Gasteiger partial charge in [0.1, 0.15) is 0 Å². The van der Waals surface area contributed by atoms with Gasteiger partial charge in [-0.25, -0.2) is 0 Å². The predicted molar refractivity (Wildman–Crippen MR) is 71.6 cm³/mol. The Morgan fingerprint density at radius 2 is 2.00 bits per heavy atom. The van der Waals surface area contributed by atoms with Crippen LogP contribution in [0.25, 0.3) is 0 Å². The van der Waals surface area contributed by atoms with Crippen molar-refractivity contribution >= 4 is 11.8 Å². The molecule has 100 valence electrons. The number of amides is 2. The predicted octanol–water partition coefficient (Wildman–Crippen LogP) is 1.68. The van der Waals surface area contributed by atoms with Crippen LogP contribution in [0.1, 0.15) is 35.8 Å². The fraction of sp³-hybridized carbons (Fsp3) is 0.467. The number of piperazine rings is 1. The van der Waals surface area contributed by atoms with Crippen LogP contribution >= 0.6 is 0 Å². The van der Waals surface area contributed by atoms with Gasteiger partial charge in [0.25, 0.3) is 5.91 Å². The summed E-state index contributed by atoms with van der Waals surface area (Å²) >= 11 is 0. The third-order valence-electron chi connectivity index (χ3n) is 4.00. The molecule has 2 amide bonds. The van der Waals surface area contributed by atoms with Gasteiger partial charge in [0.15, 0.2) is 0 Å². The summed E-state index contributed by atoms with van der Waals surface area (Å²) < 4.78 is 0. The topological polar surface area (TPSA) is 40.6 Å². The van der Waals surface area contributed by atoms with Crippen molar-refractivity contribution in [3.05, 3.63) is 35.4 Å². The second-order valence-corrected chi connectivity index (χ2v) is 5.54. The van der Waals surface area contributed by atoms with Crippen molar-refractivity contribution in [2.75, 3.05) is 19.6 Å². The van der Waals surface area contributed by atoms with Gasteiger partial charge in [-0.1, -0.05) is 32.0 Å². The number of hydrogen-bond acceptors (Lipinski definition) is 2. The summed E-state index contributed by atoms with van der Waals surface area (Å²) in [7, 11) is 0. The molecule has 0 radical (unpaired) electrons. The van der Waals surface area contributed by atoms with Crippen LogP contribution in [0.5, 0.6) is 0 Å². The lowest BCUT2D eigenvalue weighted by atomic mass is 10.0. The number of benzene rings is 1. The van der Waals surface area contributed by atoms with Crippen LogP contribution in [-0.2, 0) is 4.79 Å². The third-order valence-corrected chi connectivity index (χ3v) is 4.00. The molecule has 1 aromatic carbocycles. The first-order valence-corrected chi connectivity index (χ1v) is 6.78. The molecule has 0 spiro atoms. The first-order chi connectivity index (χ1) is 9.09. The number of fused-ring (bicyclic) bond motifs is 3. The van der Waals surface area contributed by atoms with E-state index in [-0.39, 0.29) is 23.8 Å². The maximum atomic E-state index is 12.3. The van der Waals surface area contributed by atoms with Crippen LogP contribution in [0.3, 0.4) is 0 Å². The molecule has 0 saturated carbocycles. The maximum absolute atomic E-state index is 12.3. The van der Waals surface area contributed by atoms with Gasteiger partial charge in [-0.2, -0.15) is 0 Å². The van der Waals surface area contributed by atoms with Gasteiger partial charge in [0, 0.05) is 31.1 Å². The van der Waals surface area contributed by atoms with E-state index in [1.807, 2.05) is 47.9 Å². The molecule has 19 heavy (non-hydrogen) atoms. The lowest BCUT2D eigenvalue weighted by Gasteiger charge is -2.38. The summed E-state index contributed by atoms with van der Waals surface area (Å²) in [6, 6.07) is 7.77. The normalized spacial score (nSPS) is 21.6. The minimum atomic E-state index is 0.0129. The molecular weight excluding hydrogens is 240 g/mol. The molecule has 0 N–H and O–H groups in total. The van der Waals surface area contributed by atoms with Crippen LogP contribution in [0, 0.1) is 5.92 Å². The molecule has 3 rings (SSSR count). The first-order valence-electron chi connectivity index (χ1n) is 6.78. The van der Waals surface area contributed by atoms with E-state index in [0.717, 1.165) is 11.1 Å². The van der Waals surface area contributed by atoms with Crippen molar-refractivity contribution in [3.63, 3.8) is 0 Å². The average molecular weight is 258 g/mol. The van der Waals surface area contributed by atoms with E-state index in [1.165, 1.54) is 0 Å². The van der Waals surface area contributed by atoms with Gasteiger partial charge in [0.2, 0.25) is 5.91 Å². The summed E-state index contributed by atoms with van der Waals surface area (Å²) in [6.45, 7) is 5.74. The second kappa shape index (κ2) is 4.37. The largest absolute Gasteiger partial charge is 0.338 e. The Kier molecular flexibility index (Phi) is 2.81. The Bertz CT molecular complexity index is 539. The molecule has 1 atom stereocenters. The molecule has 0 aliphatic carbocycles. The van der Waals surface area contributed by atoms with Gasteiger partial charge >= 0.3 is 0 Å². The molecule has 2 aliphatic heterocycles. The van der Waals surface area contributed by atoms with Crippen LogP contribution in [0.4, 0.5) is 0 Å². The molecular formula is C15H18N2O2. The van der Waals surface area contributed by atoms with Gasteiger partial charge in [-0.15, -0.1) is 0 Å². The van der Waals surface area contributed by atoms with Crippen molar-refractivity contribution in [2.24, 2.45) is 5.92 Å². The molecule has 0 aromatic heterocycles. The van der Waals surface area contributed by atoms with Crippen molar-refractivity contribution < 1.29 is 9.59 Å². The SMILES string of the molecule is CC(C)C(=O)N1CCN2C(=O)c3ccccc3[C@H]2C1. The summed E-state index contributed by atoms with van der Waals surface area (Å²) in [5.41, 5.74) is 1.86. The number of carbonyl (C=O) groups excluding carboxylic acids is 2. The lowest BCUT2D eigenvalue weighted by Crippen LogP contribution is -2.50. The zero-order chi connectivity index (χ0) is 13.6. The highest BCUT2D eigenvalue weighted by atomic mass is 16.2. The van der Waals surface area contributed by atoms with E-state index in [4.69, 9.17) is 0 Å². The summed E-state index contributed by atoms with van der Waals surface area (Å²) in [5.74, 6) is 0.299. The molecule has 0 bridgehead atoms. The highest BCUT2D eigenvalue weighted by Gasteiger charge is 2.41. The number of nitrogens with zero attached hydrogens (tertiary/aromatic N) is 2. The lowest BCUT2D eigenvalue weighted by molar-refractivity contribution is -0.137. The van der Waals surface area contributed by atoms with Crippen molar-refractivity contribution in [3.8, 4) is 0 Å². The fourth-order valence-corrected chi connectivity index (χ4v) is 2.99. The van der Waals surface area contributed by atoms with E-state index in [9.17, 15) is 9.59 Å². The quantitative estimate of drug-likeness (QED) is 0.769. The standard InChI is InChI=1S/C15H18N2O2/c1-10(2)14(18)16-7-8-17-13(9-16)11-5-3-4-6-12(11)15(17)19/h3-6,10,13H,7-9H2,1-2H3/t13-/m1/s1. The minimum Gasteiger partial charge on any atom is -0.338 e. The highest BCUT2D eigenvalue weighted by molar-refractivity contribution is 5.99. The zero-order valence-corrected chi connectivity index (χ0v) is 11.3. The first kappa shape index (κ1) is 12.2. The van der Waals surface area contributed by atoms with E-state index in [1.54, 1.807) is 0 Å². The number of rotatable bonds is 1. The molecule has 4 nitrogen and oxygen atoms in total. The van der Waals surface area contributed by atoms with Crippen LogP contribution in [0.2, 0.25) is 0 Å². The van der Waals surface area contributed by atoms with Gasteiger partial charge < -0.3 is 9.80 Å². The smallest absolute Gasteiger partial charge is 0.254 e. The molecule has 0 unspecified atom stereocenters. The molecule has 1 saturated heterocycles. The molecule has 4 heteroatoms. The maximum Gasteiger partial charge on any atom is 0.254 e. The Morgan fingerprint density at radius 1 is 1.26 bits per heavy atom. The molecule has 1 fully saturated rings. The van der Waals surface area contributed by atoms with Crippen LogP contribution in [-0.4, -0.2) is 41.2 Å². The van der Waals surface area contributed by atoms with E-state index >= 15 is 0 Å². The Balaban J connectivity index is 1.89. The molecule has 1 aromatic rings. The third kappa shape index (κ3) is 1.82. The minimum absolute atomic E-state index is 0.0129. The monoisotopic (exact) mass is 258 g/mol. The Morgan fingerprint density at radius 3 is 2.74 bits per heavy atom. The zero-order valence-electron chi connectivity index (χ0n) is 11.3.